The molecule has 1 aromatic heterocycles. The number of amides is 1. The second-order valence-corrected chi connectivity index (χ2v) is 8.43. The van der Waals surface area contributed by atoms with Crippen LogP contribution in [0.15, 0.2) is 89.1 Å². The van der Waals surface area contributed by atoms with Crippen molar-refractivity contribution in [1.29, 1.82) is 0 Å². The standard InChI is InChI=1S/C27H27N5O3S/c1-3-34-23-16-14-22(15-17-23)32-26(20-10-6-5-7-11-20)30-31-27(32)36-19-25(33)29-28-18-21-12-8-9-13-24(21)35-4-2/h5-18H,3-4,19H2,1-2H3,(H,29,33). The summed E-state index contributed by atoms with van der Waals surface area (Å²) in [6.45, 7) is 5.01. The Morgan fingerprint density at radius 3 is 2.42 bits per heavy atom. The number of aromatic nitrogens is 3. The number of thioether (sulfide) groups is 1. The van der Waals surface area contributed by atoms with E-state index in [1.165, 1.54) is 11.8 Å². The Balaban J connectivity index is 1.49. The topological polar surface area (TPSA) is 90.6 Å². The molecule has 4 rings (SSSR count). The molecule has 0 spiro atoms. The minimum Gasteiger partial charge on any atom is -0.494 e. The van der Waals surface area contributed by atoms with E-state index in [0.717, 1.165) is 22.6 Å². The SMILES string of the molecule is CCOc1ccc(-n2c(SCC(=O)NN=Cc3ccccc3OCC)nnc2-c2ccccc2)cc1. The van der Waals surface area contributed by atoms with Gasteiger partial charge in [-0.15, -0.1) is 10.2 Å². The minimum atomic E-state index is -0.257. The predicted molar refractivity (Wildman–Crippen MR) is 142 cm³/mol. The Labute approximate surface area is 214 Å². The number of carbonyl (C=O) groups is 1. The van der Waals surface area contributed by atoms with Crippen molar-refractivity contribution < 1.29 is 14.3 Å². The summed E-state index contributed by atoms with van der Waals surface area (Å²) in [7, 11) is 0. The molecule has 9 heteroatoms. The molecule has 0 aliphatic carbocycles. The molecule has 3 aromatic carbocycles. The van der Waals surface area contributed by atoms with Gasteiger partial charge in [0.05, 0.1) is 25.2 Å². The van der Waals surface area contributed by atoms with Crippen LogP contribution in [0.1, 0.15) is 19.4 Å². The van der Waals surface area contributed by atoms with Gasteiger partial charge in [0.15, 0.2) is 11.0 Å². The molecule has 0 bridgehead atoms. The van der Waals surface area contributed by atoms with Crippen LogP contribution in [0.2, 0.25) is 0 Å². The number of hydrazone groups is 1. The first-order chi connectivity index (χ1) is 17.7. The van der Waals surface area contributed by atoms with Crippen LogP contribution < -0.4 is 14.9 Å². The Kier molecular flexibility index (Phi) is 8.72. The number of para-hydroxylation sites is 1. The molecule has 36 heavy (non-hydrogen) atoms. The normalized spacial score (nSPS) is 10.9. The molecule has 0 saturated heterocycles. The summed E-state index contributed by atoms with van der Waals surface area (Å²) in [5.41, 5.74) is 5.15. The Bertz CT molecular complexity index is 1310. The lowest BCUT2D eigenvalue weighted by Crippen LogP contribution is -2.20. The van der Waals surface area contributed by atoms with Crippen molar-refractivity contribution in [2.24, 2.45) is 5.10 Å². The molecule has 0 fully saturated rings. The van der Waals surface area contributed by atoms with E-state index in [4.69, 9.17) is 9.47 Å². The van der Waals surface area contributed by atoms with E-state index >= 15 is 0 Å². The van der Waals surface area contributed by atoms with Crippen LogP contribution in [0.5, 0.6) is 11.5 Å². The number of carbonyl (C=O) groups excluding carboxylic acids is 1. The van der Waals surface area contributed by atoms with Gasteiger partial charge < -0.3 is 9.47 Å². The van der Waals surface area contributed by atoms with Gasteiger partial charge in [-0.3, -0.25) is 9.36 Å². The number of ether oxygens (including phenoxy) is 2. The third kappa shape index (κ3) is 6.31. The zero-order valence-corrected chi connectivity index (χ0v) is 20.9. The molecule has 0 aliphatic rings. The van der Waals surface area contributed by atoms with E-state index in [9.17, 15) is 4.79 Å². The number of rotatable bonds is 11. The summed E-state index contributed by atoms with van der Waals surface area (Å²) >= 11 is 1.28. The van der Waals surface area contributed by atoms with Gasteiger partial charge >= 0.3 is 0 Å². The van der Waals surface area contributed by atoms with Gasteiger partial charge in [-0.1, -0.05) is 54.2 Å². The van der Waals surface area contributed by atoms with E-state index < -0.39 is 0 Å². The van der Waals surface area contributed by atoms with E-state index in [1.807, 2.05) is 97.3 Å². The summed E-state index contributed by atoms with van der Waals surface area (Å²) < 4.78 is 13.1. The summed E-state index contributed by atoms with van der Waals surface area (Å²) in [6, 6.07) is 25.0. The second-order valence-electron chi connectivity index (χ2n) is 7.49. The molecule has 1 amide bonds. The van der Waals surface area contributed by atoms with Crippen LogP contribution >= 0.6 is 11.8 Å². The van der Waals surface area contributed by atoms with E-state index in [2.05, 4.69) is 20.7 Å². The monoisotopic (exact) mass is 501 g/mol. The number of nitrogens with one attached hydrogen (secondary N) is 1. The van der Waals surface area contributed by atoms with E-state index in [-0.39, 0.29) is 11.7 Å². The number of hydrogen-bond donors (Lipinski definition) is 1. The zero-order chi connectivity index (χ0) is 25.2. The smallest absolute Gasteiger partial charge is 0.250 e. The molecular formula is C27H27N5O3S. The minimum absolute atomic E-state index is 0.119. The lowest BCUT2D eigenvalue weighted by molar-refractivity contribution is -0.118. The van der Waals surface area contributed by atoms with Crippen LogP contribution in [0.3, 0.4) is 0 Å². The van der Waals surface area contributed by atoms with Crippen molar-refractivity contribution in [3.8, 4) is 28.6 Å². The van der Waals surface area contributed by atoms with Gasteiger partial charge in [0.25, 0.3) is 5.91 Å². The first-order valence-electron chi connectivity index (χ1n) is 11.6. The highest BCUT2D eigenvalue weighted by atomic mass is 32.2. The molecule has 184 valence electrons. The van der Waals surface area contributed by atoms with Crippen molar-refractivity contribution in [2.75, 3.05) is 19.0 Å². The van der Waals surface area contributed by atoms with Gasteiger partial charge in [0.1, 0.15) is 11.5 Å². The average molecular weight is 502 g/mol. The van der Waals surface area contributed by atoms with Crippen molar-refractivity contribution in [3.05, 3.63) is 84.4 Å². The molecule has 0 radical (unpaired) electrons. The average Bonchev–Trinajstić information content (AvgIpc) is 3.34. The maximum absolute atomic E-state index is 12.5. The molecule has 0 saturated carbocycles. The first kappa shape index (κ1) is 25.0. The van der Waals surface area contributed by atoms with Crippen LogP contribution in [-0.2, 0) is 4.79 Å². The van der Waals surface area contributed by atoms with Gasteiger partial charge in [0, 0.05) is 16.8 Å². The summed E-state index contributed by atoms with van der Waals surface area (Å²) in [6.07, 6.45) is 1.57. The van der Waals surface area contributed by atoms with Crippen molar-refractivity contribution in [3.63, 3.8) is 0 Å². The van der Waals surface area contributed by atoms with Crippen LogP contribution in [-0.4, -0.2) is 45.9 Å². The first-order valence-corrected chi connectivity index (χ1v) is 12.6. The summed E-state index contributed by atoms with van der Waals surface area (Å²) in [5.74, 6) is 2.05. The maximum Gasteiger partial charge on any atom is 0.250 e. The number of hydrogen-bond acceptors (Lipinski definition) is 7. The Hall–Kier alpha value is -4.11. The summed E-state index contributed by atoms with van der Waals surface area (Å²) in [4.78, 5) is 12.5. The van der Waals surface area contributed by atoms with Crippen LogP contribution in [0, 0.1) is 0 Å². The fourth-order valence-electron chi connectivity index (χ4n) is 3.44. The van der Waals surface area contributed by atoms with Gasteiger partial charge in [-0.25, -0.2) is 5.43 Å². The van der Waals surface area contributed by atoms with Crippen molar-refractivity contribution in [2.45, 2.75) is 19.0 Å². The molecule has 1 N–H and O–H groups in total. The predicted octanol–water partition coefficient (Wildman–Crippen LogP) is 4.97. The molecule has 8 nitrogen and oxygen atoms in total. The van der Waals surface area contributed by atoms with Crippen molar-refractivity contribution >= 4 is 23.9 Å². The fraction of sp³-hybridized carbons (Fsp3) is 0.185. The molecule has 0 atom stereocenters. The maximum atomic E-state index is 12.5. The Morgan fingerprint density at radius 1 is 0.944 bits per heavy atom. The quantitative estimate of drug-likeness (QED) is 0.177. The number of nitrogens with zero attached hydrogens (tertiary/aromatic N) is 4. The molecular weight excluding hydrogens is 474 g/mol. The molecule has 0 aliphatic heterocycles. The van der Waals surface area contributed by atoms with E-state index in [1.54, 1.807) is 6.21 Å². The highest BCUT2D eigenvalue weighted by molar-refractivity contribution is 7.99. The van der Waals surface area contributed by atoms with E-state index in [0.29, 0.717) is 29.9 Å². The third-order valence-corrected chi connectivity index (χ3v) is 5.94. The highest BCUT2D eigenvalue weighted by Crippen LogP contribution is 2.28. The number of benzene rings is 3. The largest absolute Gasteiger partial charge is 0.494 e. The van der Waals surface area contributed by atoms with Crippen LogP contribution in [0.25, 0.3) is 17.1 Å². The summed E-state index contributed by atoms with van der Waals surface area (Å²) in [5, 5.41) is 13.5. The molecule has 4 aromatic rings. The molecule has 0 unspecified atom stereocenters. The molecule has 1 heterocycles. The lowest BCUT2D eigenvalue weighted by atomic mass is 10.2. The lowest BCUT2D eigenvalue weighted by Gasteiger charge is -2.11. The van der Waals surface area contributed by atoms with Crippen LogP contribution in [0.4, 0.5) is 0 Å². The van der Waals surface area contributed by atoms with Crippen molar-refractivity contribution in [1.82, 2.24) is 20.2 Å². The zero-order valence-electron chi connectivity index (χ0n) is 20.1. The van der Waals surface area contributed by atoms with Gasteiger partial charge in [-0.05, 0) is 50.2 Å². The van der Waals surface area contributed by atoms with Gasteiger partial charge in [0.2, 0.25) is 0 Å². The second kappa shape index (κ2) is 12.6. The third-order valence-electron chi connectivity index (χ3n) is 5.02. The fourth-order valence-corrected chi connectivity index (χ4v) is 4.18. The Morgan fingerprint density at radius 2 is 1.67 bits per heavy atom. The highest BCUT2D eigenvalue weighted by Gasteiger charge is 2.17. The van der Waals surface area contributed by atoms with Gasteiger partial charge in [-0.2, -0.15) is 5.10 Å².